The van der Waals surface area contributed by atoms with Crippen LogP contribution < -0.4 is 11.1 Å². The second-order valence-electron chi connectivity index (χ2n) is 1.86. The van der Waals surface area contributed by atoms with Gasteiger partial charge in [-0.2, -0.15) is 0 Å². The summed E-state index contributed by atoms with van der Waals surface area (Å²) < 4.78 is 5.09. The molecule has 0 aromatic heterocycles. The van der Waals surface area contributed by atoms with Gasteiger partial charge in [0.25, 0.3) is 0 Å². The first kappa shape index (κ1) is 9.23. The third kappa shape index (κ3) is 4.14. The van der Waals surface area contributed by atoms with Crippen LogP contribution in [0.1, 0.15) is 20.3 Å². The Balaban J connectivity index is 3.49. The van der Waals surface area contributed by atoms with Crippen molar-refractivity contribution in [1.82, 2.24) is 5.32 Å². The molecule has 0 fully saturated rings. The van der Waals surface area contributed by atoms with Gasteiger partial charge in [0.05, 0.1) is 0 Å². The quantitative estimate of drug-likeness (QED) is 0.565. The summed E-state index contributed by atoms with van der Waals surface area (Å²) in [5.74, 6) is 0. The van der Waals surface area contributed by atoms with E-state index in [1.54, 1.807) is 0 Å². The Bertz CT molecular complexity index is 106. The molecule has 0 spiro atoms. The molecule has 1 atom stereocenters. The number of carbonyl (C=O) groups excluding carboxylic acids is 1. The first-order chi connectivity index (χ1) is 4.70. The van der Waals surface area contributed by atoms with Crippen molar-refractivity contribution in [3.05, 3.63) is 0 Å². The van der Waals surface area contributed by atoms with Gasteiger partial charge in [-0.1, -0.05) is 6.92 Å². The van der Waals surface area contributed by atoms with Gasteiger partial charge < -0.3 is 15.8 Å². The summed E-state index contributed by atoms with van der Waals surface area (Å²) in [6, 6.07) is -0.541. The van der Waals surface area contributed by atoms with Gasteiger partial charge in [-0.25, -0.2) is 4.79 Å². The molecule has 3 N–H and O–H groups in total. The van der Waals surface area contributed by atoms with Crippen LogP contribution in [0.5, 0.6) is 0 Å². The summed E-state index contributed by atoms with van der Waals surface area (Å²) in [7, 11) is 0. The average molecular weight is 146 g/mol. The number of amides is 2. The fourth-order valence-electron chi connectivity index (χ4n) is 0.621. The fourth-order valence-corrected chi connectivity index (χ4v) is 0.621. The molecule has 2 amide bonds. The van der Waals surface area contributed by atoms with E-state index in [0.717, 1.165) is 6.42 Å². The maximum absolute atomic E-state index is 10.3. The van der Waals surface area contributed by atoms with Crippen molar-refractivity contribution in [2.24, 2.45) is 5.73 Å². The second-order valence-corrected chi connectivity index (χ2v) is 1.86. The lowest BCUT2D eigenvalue weighted by Crippen LogP contribution is -2.39. The Kier molecular flexibility index (Phi) is 4.66. The first-order valence-electron chi connectivity index (χ1n) is 3.38. The van der Waals surface area contributed by atoms with Crippen molar-refractivity contribution < 1.29 is 9.53 Å². The van der Waals surface area contributed by atoms with E-state index < -0.39 is 6.03 Å². The summed E-state index contributed by atoms with van der Waals surface area (Å²) in [4.78, 5) is 10.3. The van der Waals surface area contributed by atoms with Gasteiger partial charge in [-0.15, -0.1) is 0 Å². The van der Waals surface area contributed by atoms with Crippen molar-refractivity contribution in [2.45, 2.75) is 26.5 Å². The molecule has 1 unspecified atom stereocenters. The Morgan fingerprint density at radius 2 is 2.30 bits per heavy atom. The lowest BCUT2D eigenvalue weighted by molar-refractivity contribution is 0.0444. The van der Waals surface area contributed by atoms with E-state index in [1.807, 2.05) is 13.8 Å². The van der Waals surface area contributed by atoms with Crippen LogP contribution in [-0.4, -0.2) is 18.9 Å². The van der Waals surface area contributed by atoms with Gasteiger partial charge in [0.2, 0.25) is 0 Å². The van der Waals surface area contributed by atoms with E-state index >= 15 is 0 Å². The van der Waals surface area contributed by atoms with E-state index in [4.69, 9.17) is 10.5 Å². The summed E-state index contributed by atoms with van der Waals surface area (Å²) in [5, 5.41) is 2.45. The van der Waals surface area contributed by atoms with Crippen molar-refractivity contribution in [1.29, 1.82) is 0 Å². The van der Waals surface area contributed by atoms with Gasteiger partial charge in [-0.3, -0.25) is 0 Å². The molecule has 0 rings (SSSR count). The Morgan fingerprint density at radius 3 is 2.60 bits per heavy atom. The topological polar surface area (TPSA) is 64.3 Å². The molecule has 0 aromatic rings. The molecule has 0 aliphatic heterocycles. The minimum atomic E-state index is -0.541. The summed E-state index contributed by atoms with van der Waals surface area (Å²) >= 11 is 0. The highest BCUT2D eigenvalue weighted by atomic mass is 16.5. The molecule has 60 valence electrons. The normalized spacial score (nSPS) is 12.6. The standard InChI is InChI=1S/C6H14N2O2/c1-3-5(10-4-2)8-6(7)9/h5H,3-4H2,1-2H3,(H3,7,8,9). The van der Waals surface area contributed by atoms with Crippen LogP contribution in [-0.2, 0) is 4.74 Å². The largest absolute Gasteiger partial charge is 0.359 e. The lowest BCUT2D eigenvalue weighted by Gasteiger charge is -2.14. The average Bonchev–Trinajstić information content (AvgIpc) is 1.86. The smallest absolute Gasteiger partial charge is 0.314 e. The van der Waals surface area contributed by atoms with Gasteiger partial charge in [0.1, 0.15) is 6.23 Å². The molecule has 0 saturated heterocycles. The first-order valence-corrected chi connectivity index (χ1v) is 3.38. The van der Waals surface area contributed by atoms with Gasteiger partial charge in [0, 0.05) is 6.61 Å². The third-order valence-electron chi connectivity index (χ3n) is 1.04. The lowest BCUT2D eigenvalue weighted by atomic mass is 10.4. The molecule has 0 aliphatic rings. The molecule has 0 radical (unpaired) electrons. The monoisotopic (exact) mass is 146 g/mol. The van der Waals surface area contributed by atoms with E-state index in [9.17, 15) is 4.79 Å². The van der Waals surface area contributed by atoms with E-state index in [1.165, 1.54) is 0 Å². The van der Waals surface area contributed by atoms with Gasteiger partial charge in [-0.05, 0) is 13.3 Å². The number of carbonyl (C=O) groups is 1. The van der Waals surface area contributed by atoms with Crippen molar-refractivity contribution in [3.8, 4) is 0 Å². The van der Waals surface area contributed by atoms with E-state index in [2.05, 4.69) is 5.32 Å². The SMILES string of the molecule is CCOC(CC)NC(N)=O. The number of primary amides is 1. The summed E-state index contributed by atoms with van der Waals surface area (Å²) in [6.07, 6.45) is 0.499. The fraction of sp³-hybridized carbons (Fsp3) is 0.833. The predicted molar refractivity (Wildman–Crippen MR) is 38.4 cm³/mol. The number of hydrogen-bond acceptors (Lipinski definition) is 2. The van der Waals surface area contributed by atoms with Crippen LogP contribution in [0.4, 0.5) is 4.79 Å². The number of nitrogens with one attached hydrogen (secondary N) is 1. The Labute approximate surface area is 60.7 Å². The minimum Gasteiger partial charge on any atom is -0.359 e. The van der Waals surface area contributed by atoms with Crippen molar-refractivity contribution in [2.75, 3.05) is 6.61 Å². The highest BCUT2D eigenvalue weighted by molar-refractivity contribution is 5.71. The minimum absolute atomic E-state index is 0.234. The second kappa shape index (κ2) is 5.05. The molecule has 0 bridgehead atoms. The van der Waals surface area contributed by atoms with Crippen LogP contribution in [0.25, 0.3) is 0 Å². The number of nitrogens with two attached hydrogens (primary N) is 1. The summed E-state index contributed by atoms with van der Waals surface area (Å²) in [5.41, 5.74) is 4.87. The molecule has 10 heavy (non-hydrogen) atoms. The van der Waals surface area contributed by atoms with Crippen LogP contribution >= 0.6 is 0 Å². The highest BCUT2D eigenvalue weighted by Crippen LogP contribution is 1.91. The van der Waals surface area contributed by atoms with Gasteiger partial charge >= 0.3 is 6.03 Å². The zero-order valence-corrected chi connectivity index (χ0v) is 6.39. The zero-order valence-electron chi connectivity index (χ0n) is 6.39. The molecule has 4 heteroatoms. The molecule has 4 nitrogen and oxygen atoms in total. The molecule has 0 aliphatic carbocycles. The molecule has 0 aromatic carbocycles. The maximum Gasteiger partial charge on any atom is 0.314 e. The number of rotatable bonds is 4. The highest BCUT2D eigenvalue weighted by Gasteiger charge is 2.04. The van der Waals surface area contributed by atoms with Crippen molar-refractivity contribution >= 4 is 6.03 Å². The predicted octanol–water partition coefficient (Wildman–Crippen LogP) is 0.427. The van der Waals surface area contributed by atoms with Gasteiger partial charge in [0.15, 0.2) is 0 Å². The molecular formula is C6H14N2O2. The number of hydrogen-bond donors (Lipinski definition) is 2. The summed E-state index contributed by atoms with van der Waals surface area (Å²) in [6.45, 7) is 4.36. The third-order valence-corrected chi connectivity index (χ3v) is 1.04. The maximum atomic E-state index is 10.3. The number of ether oxygens (including phenoxy) is 1. The van der Waals surface area contributed by atoms with Crippen LogP contribution in [0.3, 0.4) is 0 Å². The van der Waals surface area contributed by atoms with E-state index in [0.29, 0.717) is 6.61 Å². The molecule has 0 heterocycles. The Morgan fingerprint density at radius 1 is 1.70 bits per heavy atom. The Hall–Kier alpha value is -0.770. The van der Waals surface area contributed by atoms with Crippen LogP contribution in [0.15, 0.2) is 0 Å². The van der Waals surface area contributed by atoms with Crippen LogP contribution in [0.2, 0.25) is 0 Å². The molecule has 0 saturated carbocycles. The van der Waals surface area contributed by atoms with Crippen LogP contribution in [0, 0.1) is 0 Å². The zero-order chi connectivity index (χ0) is 7.98. The van der Waals surface area contributed by atoms with Crippen molar-refractivity contribution in [3.63, 3.8) is 0 Å². The number of urea groups is 1. The molecular weight excluding hydrogens is 132 g/mol. The van der Waals surface area contributed by atoms with E-state index in [-0.39, 0.29) is 6.23 Å².